The number of carbonyl (C=O) groups is 2. The third kappa shape index (κ3) is 4.99. The lowest BCUT2D eigenvalue weighted by Crippen LogP contribution is -2.48. The van der Waals surface area contributed by atoms with Gasteiger partial charge in [-0.3, -0.25) is 9.59 Å². The molecule has 2 aromatic carbocycles. The Balaban J connectivity index is 1.57. The summed E-state index contributed by atoms with van der Waals surface area (Å²) in [4.78, 5) is 27.0. The minimum Gasteiger partial charge on any atom is -0.497 e. The van der Waals surface area contributed by atoms with Gasteiger partial charge in [0.2, 0.25) is 11.8 Å². The second-order valence-electron chi connectivity index (χ2n) is 7.26. The first-order chi connectivity index (χ1) is 14.3. The number of benzene rings is 2. The second kappa shape index (κ2) is 9.30. The zero-order valence-electron chi connectivity index (χ0n) is 17.1. The molecule has 0 bridgehead atoms. The topological polar surface area (TPSA) is 92.8 Å². The molecule has 1 N–H and O–H groups in total. The van der Waals surface area contributed by atoms with Crippen molar-refractivity contribution in [3.8, 4) is 5.75 Å². The minimum atomic E-state index is -3.61. The summed E-state index contributed by atoms with van der Waals surface area (Å²) in [7, 11) is -2.11. The van der Waals surface area contributed by atoms with Crippen molar-refractivity contribution in [3.63, 3.8) is 0 Å². The number of nitrogens with one attached hydrogen (secondary N) is 1. The van der Waals surface area contributed by atoms with E-state index in [0.717, 1.165) is 24.1 Å². The van der Waals surface area contributed by atoms with Crippen LogP contribution in [0.15, 0.2) is 53.4 Å². The van der Waals surface area contributed by atoms with Crippen molar-refractivity contribution in [2.75, 3.05) is 24.3 Å². The smallest absolute Gasteiger partial charge is 0.249 e. The predicted octanol–water partition coefficient (Wildman–Crippen LogP) is 2.34. The quantitative estimate of drug-likeness (QED) is 0.728. The van der Waals surface area contributed by atoms with Crippen LogP contribution in [-0.2, 0) is 25.8 Å². The summed E-state index contributed by atoms with van der Waals surface area (Å²) in [6.45, 7) is 2.22. The number of nitrogens with zero attached hydrogens (tertiary/aromatic N) is 1. The molecule has 0 aromatic heterocycles. The van der Waals surface area contributed by atoms with E-state index < -0.39 is 21.8 Å². The number of ether oxygens (including phenoxy) is 1. The molecule has 8 heteroatoms. The Labute approximate surface area is 177 Å². The third-order valence-corrected chi connectivity index (χ3v) is 6.87. The Morgan fingerprint density at radius 2 is 1.83 bits per heavy atom. The van der Waals surface area contributed by atoms with Gasteiger partial charge in [0.05, 0.1) is 17.8 Å². The molecule has 1 heterocycles. The van der Waals surface area contributed by atoms with E-state index in [1.54, 1.807) is 24.0 Å². The van der Waals surface area contributed by atoms with Crippen LogP contribution in [0.25, 0.3) is 0 Å². The van der Waals surface area contributed by atoms with E-state index in [9.17, 15) is 18.0 Å². The maximum Gasteiger partial charge on any atom is 0.249 e. The van der Waals surface area contributed by atoms with Crippen molar-refractivity contribution in [1.29, 1.82) is 0 Å². The van der Waals surface area contributed by atoms with E-state index in [4.69, 9.17) is 4.74 Å². The van der Waals surface area contributed by atoms with Crippen molar-refractivity contribution in [2.45, 2.75) is 37.1 Å². The van der Waals surface area contributed by atoms with Crippen molar-refractivity contribution in [3.05, 3.63) is 54.1 Å². The predicted molar refractivity (Wildman–Crippen MR) is 114 cm³/mol. The van der Waals surface area contributed by atoms with Crippen LogP contribution in [-0.4, -0.2) is 45.7 Å². The van der Waals surface area contributed by atoms with Crippen molar-refractivity contribution < 1.29 is 22.7 Å². The molecule has 0 saturated heterocycles. The number of carbonyl (C=O) groups excluding carboxylic acids is 2. The SMILES string of the molecule is COc1ccc(S(=O)(=O)CCC(=O)NC(C)C(=O)N2CCCc3ccccc32)cc1. The average Bonchev–Trinajstić information content (AvgIpc) is 2.77. The zero-order chi connectivity index (χ0) is 21.7. The fraction of sp³-hybridized carbons (Fsp3) is 0.364. The first-order valence-electron chi connectivity index (χ1n) is 9.87. The van der Waals surface area contributed by atoms with Crippen molar-refractivity contribution >= 4 is 27.3 Å². The number of sulfone groups is 1. The molecule has 1 unspecified atom stereocenters. The number of amides is 2. The summed E-state index contributed by atoms with van der Waals surface area (Å²) in [6, 6.07) is 13.0. The molecule has 30 heavy (non-hydrogen) atoms. The summed E-state index contributed by atoms with van der Waals surface area (Å²) < 4.78 is 29.9. The van der Waals surface area contributed by atoms with Gasteiger partial charge in [-0.2, -0.15) is 0 Å². The molecule has 2 aromatic rings. The number of rotatable bonds is 7. The molecule has 1 atom stereocenters. The minimum absolute atomic E-state index is 0.130. The molecular weight excluding hydrogens is 404 g/mol. The van der Waals surface area contributed by atoms with Gasteiger partial charge < -0.3 is 15.0 Å². The summed E-state index contributed by atoms with van der Waals surface area (Å²) in [5.41, 5.74) is 1.98. The number of methoxy groups -OCH3 is 1. The first-order valence-corrected chi connectivity index (χ1v) is 11.5. The Kier molecular flexibility index (Phi) is 6.77. The van der Waals surface area contributed by atoms with Crippen LogP contribution >= 0.6 is 0 Å². The highest BCUT2D eigenvalue weighted by Gasteiger charge is 2.27. The summed E-state index contributed by atoms with van der Waals surface area (Å²) in [5, 5.41) is 2.64. The molecule has 1 aliphatic heterocycles. The lowest BCUT2D eigenvalue weighted by molar-refractivity contribution is -0.127. The first kappa shape index (κ1) is 21.8. The largest absolute Gasteiger partial charge is 0.497 e. The lowest BCUT2D eigenvalue weighted by Gasteiger charge is -2.31. The molecule has 7 nitrogen and oxygen atoms in total. The van der Waals surface area contributed by atoms with E-state index in [0.29, 0.717) is 12.3 Å². The van der Waals surface area contributed by atoms with Gasteiger partial charge in [-0.25, -0.2) is 8.42 Å². The van der Waals surface area contributed by atoms with Crippen LogP contribution in [0.2, 0.25) is 0 Å². The van der Waals surface area contributed by atoms with Crippen LogP contribution in [0, 0.1) is 0 Å². The molecule has 0 saturated carbocycles. The van der Waals surface area contributed by atoms with Crippen LogP contribution in [0.1, 0.15) is 25.3 Å². The van der Waals surface area contributed by atoms with Gasteiger partial charge >= 0.3 is 0 Å². The van der Waals surface area contributed by atoms with Crippen LogP contribution in [0.3, 0.4) is 0 Å². The van der Waals surface area contributed by atoms with Gasteiger partial charge in [-0.1, -0.05) is 18.2 Å². The summed E-state index contributed by atoms with van der Waals surface area (Å²) in [5.74, 6) is -0.455. The Morgan fingerprint density at radius 3 is 2.53 bits per heavy atom. The number of anilines is 1. The molecule has 1 aliphatic rings. The highest BCUT2D eigenvalue weighted by atomic mass is 32.2. The number of hydrogen-bond donors (Lipinski definition) is 1. The molecule has 0 fully saturated rings. The number of aryl methyl sites for hydroxylation is 1. The van der Waals surface area contributed by atoms with Crippen molar-refractivity contribution in [1.82, 2.24) is 5.32 Å². The second-order valence-corrected chi connectivity index (χ2v) is 9.36. The van der Waals surface area contributed by atoms with E-state index in [1.165, 1.54) is 19.2 Å². The Bertz CT molecular complexity index is 1020. The number of hydrogen-bond acceptors (Lipinski definition) is 5. The van der Waals surface area contributed by atoms with Crippen LogP contribution in [0.4, 0.5) is 5.69 Å². The van der Waals surface area contributed by atoms with Gasteiger partial charge in [0, 0.05) is 18.7 Å². The van der Waals surface area contributed by atoms with E-state index >= 15 is 0 Å². The fourth-order valence-corrected chi connectivity index (χ4v) is 4.74. The summed E-state index contributed by atoms with van der Waals surface area (Å²) >= 11 is 0. The molecule has 2 amide bonds. The monoisotopic (exact) mass is 430 g/mol. The highest BCUT2D eigenvalue weighted by molar-refractivity contribution is 7.91. The van der Waals surface area contributed by atoms with Gasteiger partial charge in [0.25, 0.3) is 0 Å². The zero-order valence-corrected chi connectivity index (χ0v) is 17.9. The van der Waals surface area contributed by atoms with E-state index in [-0.39, 0.29) is 23.0 Å². The maximum atomic E-state index is 12.9. The number of fused-ring (bicyclic) bond motifs is 1. The Hall–Kier alpha value is -2.87. The standard InChI is InChI=1S/C22H26N2O5S/c1-16(22(26)24-14-5-7-17-6-3-4-8-20(17)24)23-21(25)13-15-30(27,28)19-11-9-18(29-2)10-12-19/h3-4,6,8-12,16H,5,7,13-15H2,1-2H3,(H,23,25). The van der Waals surface area contributed by atoms with Gasteiger partial charge in [0.15, 0.2) is 9.84 Å². The van der Waals surface area contributed by atoms with Gasteiger partial charge in [0.1, 0.15) is 11.8 Å². The molecular formula is C22H26N2O5S. The van der Waals surface area contributed by atoms with Crippen LogP contribution in [0.5, 0.6) is 5.75 Å². The maximum absolute atomic E-state index is 12.9. The molecule has 160 valence electrons. The fourth-order valence-electron chi connectivity index (χ4n) is 3.50. The molecule has 3 rings (SSSR count). The lowest BCUT2D eigenvalue weighted by atomic mass is 10.0. The summed E-state index contributed by atoms with van der Waals surface area (Å²) in [6.07, 6.45) is 1.57. The van der Waals surface area contributed by atoms with E-state index in [1.807, 2.05) is 24.3 Å². The van der Waals surface area contributed by atoms with Gasteiger partial charge in [-0.15, -0.1) is 0 Å². The normalized spacial score (nSPS) is 14.5. The highest BCUT2D eigenvalue weighted by Crippen LogP contribution is 2.27. The third-order valence-electron chi connectivity index (χ3n) is 5.14. The molecule has 0 spiro atoms. The van der Waals surface area contributed by atoms with Crippen LogP contribution < -0.4 is 15.0 Å². The van der Waals surface area contributed by atoms with E-state index in [2.05, 4.69) is 5.32 Å². The Morgan fingerprint density at radius 1 is 1.13 bits per heavy atom. The molecule has 0 aliphatic carbocycles. The van der Waals surface area contributed by atoms with Gasteiger partial charge in [-0.05, 0) is 55.7 Å². The number of para-hydroxylation sites is 1. The average molecular weight is 431 g/mol. The van der Waals surface area contributed by atoms with Crippen molar-refractivity contribution in [2.24, 2.45) is 0 Å². The molecule has 0 radical (unpaired) electrons.